The summed E-state index contributed by atoms with van der Waals surface area (Å²) < 4.78 is 5.38. The minimum absolute atomic E-state index is 0.0516. The van der Waals surface area contributed by atoms with Gasteiger partial charge < -0.3 is 15.4 Å². The largest absolute Gasteiger partial charge is 0.379 e. The molecule has 2 atom stereocenters. The average Bonchev–Trinajstić information content (AvgIpc) is 3.04. The Kier molecular flexibility index (Phi) is 5.08. The first-order valence-electron chi connectivity index (χ1n) is 8.13. The van der Waals surface area contributed by atoms with Gasteiger partial charge >= 0.3 is 0 Å². The van der Waals surface area contributed by atoms with Crippen LogP contribution in [0.4, 0.5) is 0 Å². The van der Waals surface area contributed by atoms with E-state index in [9.17, 15) is 4.79 Å². The van der Waals surface area contributed by atoms with Crippen molar-refractivity contribution >= 4 is 5.91 Å². The summed E-state index contributed by atoms with van der Waals surface area (Å²) in [6.07, 6.45) is 1.07. The summed E-state index contributed by atoms with van der Waals surface area (Å²) in [5.41, 5.74) is 7.02. The quantitative estimate of drug-likeness (QED) is 0.896. The number of hydrogen-bond donors (Lipinski definition) is 1. The van der Waals surface area contributed by atoms with Crippen LogP contribution < -0.4 is 5.73 Å². The van der Waals surface area contributed by atoms with Crippen LogP contribution in [0.3, 0.4) is 0 Å². The van der Waals surface area contributed by atoms with Gasteiger partial charge in [-0.25, -0.2) is 0 Å². The Bertz CT molecular complexity index is 488. The maximum atomic E-state index is 12.6. The van der Waals surface area contributed by atoms with Gasteiger partial charge in [-0.1, -0.05) is 30.3 Å². The highest BCUT2D eigenvalue weighted by Gasteiger charge is 2.31. The average molecular weight is 303 g/mol. The van der Waals surface area contributed by atoms with Crippen molar-refractivity contribution in [2.24, 2.45) is 11.7 Å². The lowest BCUT2D eigenvalue weighted by atomic mass is 10.1. The lowest BCUT2D eigenvalue weighted by Crippen LogP contribution is -2.41. The fourth-order valence-corrected chi connectivity index (χ4v) is 3.33. The number of carbonyl (C=O) groups is 1. The first kappa shape index (κ1) is 15.5. The van der Waals surface area contributed by atoms with Crippen LogP contribution in [0.25, 0.3) is 0 Å². The molecule has 2 aliphatic heterocycles. The predicted molar refractivity (Wildman–Crippen MR) is 85.3 cm³/mol. The molecule has 5 heteroatoms. The number of benzene rings is 1. The highest BCUT2D eigenvalue weighted by molar-refractivity contribution is 5.83. The number of rotatable bonds is 4. The molecular weight excluding hydrogens is 278 g/mol. The van der Waals surface area contributed by atoms with Crippen LogP contribution in [0.15, 0.2) is 30.3 Å². The van der Waals surface area contributed by atoms with Crippen molar-refractivity contribution in [3.05, 3.63) is 35.9 Å². The molecule has 3 rings (SSSR count). The number of likely N-dealkylation sites (tertiary alicyclic amines) is 1. The third-order valence-corrected chi connectivity index (χ3v) is 4.64. The fraction of sp³-hybridized carbons (Fsp3) is 0.588. The second kappa shape index (κ2) is 7.22. The van der Waals surface area contributed by atoms with E-state index in [1.807, 2.05) is 35.2 Å². The number of nitrogens with two attached hydrogens (primary N) is 1. The Hall–Kier alpha value is -1.43. The molecule has 120 valence electrons. The van der Waals surface area contributed by atoms with Crippen LogP contribution in [-0.4, -0.2) is 61.6 Å². The molecule has 2 saturated heterocycles. The summed E-state index contributed by atoms with van der Waals surface area (Å²) in [5, 5.41) is 0. The van der Waals surface area contributed by atoms with Crippen molar-refractivity contribution in [1.29, 1.82) is 0 Å². The summed E-state index contributed by atoms with van der Waals surface area (Å²) >= 11 is 0. The molecule has 22 heavy (non-hydrogen) atoms. The maximum Gasteiger partial charge on any atom is 0.244 e. The van der Waals surface area contributed by atoms with E-state index in [4.69, 9.17) is 10.5 Å². The van der Waals surface area contributed by atoms with Gasteiger partial charge in [-0.3, -0.25) is 9.69 Å². The van der Waals surface area contributed by atoms with E-state index >= 15 is 0 Å². The van der Waals surface area contributed by atoms with Crippen LogP contribution in [0.2, 0.25) is 0 Å². The summed E-state index contributed by atoms with van der Waals surface area (Å²) in [7, 11) is 0. The maximum absolute atomic E-state index is 12.6. The number of morpholine rings is 1. The van der Waals surface area contributed by atoms with Gasteiger partial charge in [-0.15, -0.1) is 0 Å². The second-order valence-electron chi connectivity index (χ2n) is 6.24. The van der Waals surface area contributed by atoms with Gasteiger partial charge in [0.2, 0.25) is 5.91 Å². The van der Waals surface area contributed by atoms with E-state index in [0.29, 0.717) is 5.92 Å². The Morgan fingerprint density at radius 3 is 2.68 bits per heavy atom. The normalized spacial score (nSPS) is 24.4. The third-order valence-electron chi connectivity index (χ3n) is 4.64. The van der Waals surface area contributed by atoms with Crippen molar-refractivity contribution in [2.75, 3.05) is 45.9 Å². The SMILES string of the molecule is NC(C(=O)N1CCC(CN2CCOCC2)C1)c1ccccc1. The minimum atomic E-state index is -0.539. The molecule has 0 aliphatic carbocycles. The van der Waals surface area contributed by atoms with Crippen LogP contribution in [0.1, 0.15) is 18.0 Å². The number of nitrogens with zero attached hydrogens (tertiary/aromatic N) is 2. The lowest BCUT2D eigenvalue weighted by molar-refractivity contribution is -0.131. The molecule has 1 aromatic carbocycles. The van der Waals surface area contributed by atoms with Crippen molar-refractivity contribution in [2.45, 2.75) is 12.5 Å². The van der Waals surface area contributed by atoms with Crippen LogP contribution in [0, 0.1) is 5.92 Å². The second-order valence-corrected chi connectivity index (χ2v) is 6.24. The zero-order valence-corrected chi connectivity index (χ0v) is 13.0. The smallest absolute Gasteiger partial charge is 0.244 e. The topological polar surface area (TPSA) is 58.8 Å². The van der Waals surface area contributed by atoms with Crippen LogP contribution in [-0.2, 0) is 9.53 Å². The van der Waals surface area contributed by atoms with E-state index in [2.05, 4.69) is 4.90 Å². The Morgan fingerprint density at radius 2 is 1.95 bits per heavy atom. The molecule has 2 unspecified atom stereocenters. The van der Waals surface area contributed by atoms with Crippen molar-refractivity contribution in [3.8, 4) is 0 Å². The molecule has 0 spiro atoms. The van der Waals surface area contributed by atoms with Gasteiger partial charge in [-0.2, -0.15) is 0 Å². The molecule has 1 amide bonds. The van der Waals surface area contributed by atoms with Crippen LogP contribution >= 0.6 is 0 Å². The number of amides is 1. The highest BCUT2D eigenvalue weighted by atomic mass is 16.5. The molecule has 2 N–H and O–H groups in total. The first-order chi connectivity index (χ1) is 10.7. The summed E-state index contributed by atoms with van der Waals surface area (Å²) in [6.45, 7) is 6.39. The molecule has 5 nitrogen and oxygen atoms in total. The van der Waals surface area contributed by atoms with Gasteiger partial charge in [0.05, 0.1) is 13.2 Å². The molecule has 2 aliphatic rings. The minimum Gasteiger partial charge on any atom is -0.379 e. The Morgan fingerprint density at radius 1 is 1.23 bits per heavy atom. The van der Waals surface area contributed by atoms with E-state index in [1.165, 1.54) is 0 Å². The molecule has 2 heterocycles. The monoisotopic (exact) mass is 303 g/mol. The van der Waals surface area contributed by atoms with Crippen LogP contribution in [0.5, 0.6) is 0 Å². The molecule has 0 saturated carbocycles. The van der Waals surface area contributed by atoms with E-state index < -0.39 is 6.04 Å². The molecule has 2 fully saturated rings. The van der Waals surface area contributed by atoms with Gasteiger partial charge in [-0.05, 0) is 17.9 Å². The van der Waals surface area contributed by atoms with E-state index in [1.54, 1.807) is 0 Å². The predicted octanol–water partition coefficient (Wildman–Crippen LogP) is 0.867. The number of ether oxygens (including phenoxy) is 1. The van der Waals surface area contributed by atoms with Gasteiger partial charge in [0, 0.05) is 32.7 Å². The van der Waals surface area contributed by atoms with Crippen molar-refractivity contribution in [3.63, 3.8) is 0 Å². The molecule has 0 aromatic heterocycles. The number of hydrogen-bond acceptors (Lipinski definition) is 4. The van der Waals surface area contributed by atoms with Gasteiger partial charge in [0.25, 0.3) is 0 Å². The Balaban J connectivity index is 1.52. The molecule has 0 bridgehead atoms. The van der Waals surface area contributed by atoms with Crippen molar-refractivity contribution < 1.29 is 9.53 Å². The molecular formula is C17H25N3O2. The molecule has 1 aromatic rings. The first-order valence-corrected chi connectivity index (χ1v) is 8.13. The standard InChI is InChI=1S/C17H25N3O2/c18-16(15-4-2-1-3-5-15)17(21)20-7-6-14(13-20)12-19-8-10-22-11-9-19/h1-5,14,16H,6-13,18H2. The van der Waals surface area contributed by atoms with Gasteiger partial charge in [0.1, 0.15) is 6.04 Å². The number of carbonyl (C=O) groups excluding carboxylic acids is 1. The summed E-state index contributed by atoms with van der Waals surface area (Å²) in [5.74, 6) is 0.612. The lowest BCUT2D eigenvalue weighted by Gasteiger charge is -2.29. The Labute approximate surface area is 132 Å². The van der Waals surface area contributed by atoms with Crippen molar-refractivity contribution in [1.82, 2.24) is 9.80 Å². The molecule has 0 radical (unpaired) electrons. The zero-order valence-electron chi connectivity index (χ0n) is 13.0. The van der Waals surface area contributed by atoms with E-state index in [0.717, 1.165) is 57.9 Å². The van der Waals surface area contributed by atoms with E-state index in [-0.39, 0.29) is 5.91 Å². The summed E-state index contributed by atoms with van der Waals surface area (Å²) in [4.78, 5) is 16.9. The van der Waals surface area contributed by atoms with Gasteiger partial charge in [0.15, 0.2) is 0 Å². The third kappa shape index (κ3) is 3.66. The zero-order chi connectivity index (χ0) is 15.4. The highest BCUT2D eigenvalue weighted by Crippen LogP contribution is 2.22. The summed E-state index contributed by atoms with van der Waals surface area (Å²) in [6, 6.07) is 9.09. The fourth-order valence-electron chi connectivity index (χ4n) is 3.33.